The van der Waals surface area contributed by atoms with Gasteiger partial charge in [-0.2, -0.15) is 0 Å². The predicted molar refractivity (Wildman–Crippen MR) is 124 cm³/mol. The number of anilines is 1. The summed E-state index contributed by atoms with van der Waals surface area (Å²) in [6, 6.07) is 15.2. The maximum atomic E-state index is 13.0. The van der Waals surface area contributed by atoms with Crippen LogP contribution in [0.4, 0.5) is 5.69 Å². The number of amides is 2. The lowest BCUT2D eigenvalue weighted by atomic mass is 9.99. The topological polar surface area (TPSA) is 52.7 Å². The summed E-state index contributed by atoms with van der Waals surface area (Å²) >= 11 is 0. The third-order valence-corrected chi connectivity index (χ3v) is 6.41. The minimum atomic E-state index is -0.183. The Balaban J connectivity index is 1.41. The molecule has 0 aliphatic carbocycles. The molecule has 2 aliphatic heterocycles. The Bertz CT molecular complexity index is 903. The van der Waals surface area contributed by atoms with E-state index in [9.17, 15) is 9.59 Å². The van der Waals surface area contributed by atoms with E-state index in [1.165, 1.54) is 24.8 Å². The zero-order chi connectivity index (χ0) is 21.6. The maximum Gasteiger partial charge on any atom is 0.255 e. The number of hydrogen-bond donors (Lipinski definition) is 1. The van der Waals surface area contributed by atoms with E-state index >= 15 is 0 Å². The average Bonchev–Trinajstić information content (AvgIpc) is 2.80. The highest BCUT2D eigenvalue weighted by molar-refractivity contribution is 6.09. The van der Waals surface area contributed by atoms with Crippen molar-refractivity contribution in [2.24, 2.45) is 5.92 Å². The fraction of sp³-hybridized carbons (Fsp3) is 0.462. The maximum absolute atomic E-state index is 13.0. The van der Waals surface area contributed by atoms with Crippen LogP contribution in [0.15, 0.2) is 48.5 Å². The van der Waals surface area contributed by atoms with E-state index in [1.807, 2.05) is 41.3 Å². The molecule has 1 atom stereocenters. The molecule has 31 heavy (non-hydrogen) atoms. The Labute approximate surface area is 185 Å². The van der Waals surface area contributed by atoms with Gasteiger partial charge in [0.15, 0.2) is 0 Å². The van der Waals surface area contributed by atoms with E-state index in [0.29, 0.717) is 16.8 Å². The molecule has 2 heterocycles. The largest absolute Gasteiger partial charge is 0.339 e. The van der Waals surface area contributed by atoms with Gasteiger partial charge in [0, 0.05) is 31.7 Å². The van der Waals surface area contributed by atoms with Crippen molar-refractivity contribution in [3.8, 4) is 0 Å². The monoisotopic (exact) mass is 419 g/mol. The second-order valence-corrected chi connectivity index (χ2v) is 9.03. The minimum absolute atomic E-state index is 0.00158. The lowest BCUT2D eigenvalue weighted by Crippen LogP contribution is -2.36. The number of likely N-dealkylation sites (tertiary alicyclic amines) is 2. The summed E-state index contributed by atoms with van der Waals surface area (Å²) < 4.78 is 0. The molecule has 0 unspecified atom stereocenters. The van der Waals surface area contributed by atoms with Crippen molar-refractivity contribution >= 4 is 17.5 Å². The van der Waals surface area contributed by atoms with Crippen LogP contribution in [-0.2, 0) is 6.54 Å². The number of carbonyl (C=O) groups excluding carboxylic acids is 2. The molecule has 2 aromatic carbocycles. The second kappa shape index (κ2) is 10.1. The minimum Gasteiger partial charge on any atom is -0.339 e. The number of para-hydroxylation sites is 1. The van der Waals surface area contributed by atoms with E-state index in [0.717, 1.165) is 51.5 Å². The molecule has 164 valence electrons. The average molecular weight is 420 g/mol. The summed E-state index contributed by atoms with van der Waals surface area (Å²) in [7, 11) is 0. The van der Waals surface area contributed by atoms with Crippen LogP contribution in [-0.4, -0.2) is 47.8 Å². The third-order valence-electron chi connectivity index (χ3n) is 6.41. The first-order valence-corrected chi connectivity index (χ1v) is 11.6. The van der Waals surface area contributed by atoms with Gasteiger partial charge in [0.05, 0.1) is 11.3 Å². The molecule has 5 nitrogen and oxygen atoms in total. The molecule has 0 bridgehead atoms. The van der Waals surface area contributed by atoms with E-state index in [2.05, 4.69) is 17.1 Å². The molecule has 0 spiro atoms. The number of benzene rings is 2. The molecule has 0 saturated carbocycles. The van der Waals surface area contributed by atoms with Crippen LogP contribution in [0.3, 0.4) is 0 Å². The van der Waals surface area contributed by atoms with Crippen molar-refractivity contribution in [2.45, 2.75) is 45.6 Å². The summed E-state index contributed by atoms with van der Waals surface area (Å²) in [4.78, 5) is 30.2. The van der Waals surface area contributed by atoms with Gasteiger partial charge in [-0.25, -0.2) is 0 Å². The van der Waals surface area contributed by atoms with Gasteiger partial charge in [-0.15, -0.1) is 0 Å². The molecule has 2 aliphatic rings. The quantitative estimate of drug-likeness (QED) is 0.758. The van der Waals surface area contributed by atoms with Crippen LogP contribution in [0.1, 0.15) is 65.3 Å². The highest BCUT2D eigenvalue weighted by Crippen LogP contribution is 2.22. The van der Waals surface area contributed by atoms with Gasteiger partial charge in [0.25, 0.3) is 11.8 Å². The molecule has 2 aromatic rings. The summed E-state index contributed by atoms with van der Waals surface area (Å²) in [5.41, 5.74) is 2.98. The molecule has 0 radical (unpaired) electrons. The third kappa shape index (κ3) is 5.53. The lowest BCUT2D eigenvalue weighted by molar-refractivity contribution is 0.0725. The van der Waals surface area contributed by atoms with Gasteiger partial charge >= 0.3 is 0 Å². The van der Waals surface area contributed by atoms with Crippen molar-refractivity contribution in [2.75, 3.05) is 31.5 Å². The Hall–Kier alpha value is -2.66. The number of rotatable bonds is 5. The van der Waals surface area contributed by atoms with E-state index in [4.69, 9.17) is 0 Å². The highest BCUT2D eigenvalue weighted by atomic mass is 16.2. The van der Waals surface area contributed by atoms with Crippen LogP contribution in [0.2, 0.25) is 0 Å². The zero-order valence-electron chi connectivity index (χ0n) is 18.5. The Morgan fingerprint density at radius 3 is 2.42 bits per heavy atom. The van der Waals surface area contributed by atoms with Gasteiger partial charge in [0.1, 0.15) is 0 Å². The molecule has 0 aromatic heterocycles. The summed E-state index contributed by atoms with van der Waals surface area (Å²) in [6.07, 6.45) is 5.84. The molecule has 2 amide bonds. The smallest absolute Gasteiger partial charge is 0.255 e. The van der Waals surface area contributed by atoms with E-state index in [-0.39, 0.29) is 11.8 Å². The highest BCUT2D eigenvalue weighted by Gasteiger charge is 2.21. The number of nitrogens with one attached hydrogen (secondary N) is 1. The van der Waals surface area contributed by atoms with Crippen molar-refractivity contribution in [3.63, 3.8) is 0 Å². The van der Waals surface area contributed by atoms with Crippen molar-refractivity contribution in [1.29, 1.82) is 0 Å². The van der Waals surface area contributed by atoms with Crippen LogP contribution in [0.25, 0.3) is 0 Å². The molecular weight excluding hydrogens is 386 g/mol. The lowest BCUT2D eigenvalue weighted by Gasteiger charge is -2.30. The van der Waals surface area contributed by atoms with Gasteiger partial charge in [0.2, 0.25) is 0 Å². The molecule has 1 N–H and O–H groups in total. The van der Waals surface area contributed by atoms with Crippen molar-refractivity contribution in [3.05, 3.63) is 65.2 Å². The molecule has 2 fully saturated rings. The normalized spacial score (nSPS) is 19.8. The first-order chi connectivity index (χ1) is 15.1. The number of carbonyl (C=O) groups is 2. The van der Waals surface area contributed by atoms with Crippen molar-refractivity contribution < 1.29 is 9.59 Å². The summed E-state index contributed by atoms with van der Waals surface area (Å²) in [5.74, 6) is 0.574. The van der Waals surface area contributed by atoms with Gasteiger partial charge in [-0.1, -0.05) is 31.2 Å². The number of piperidine rings is 2. The Morgan fingerprint density at radius 2 is 1.68 bits per heavy atom. The molecule has 4 rings (SSSR count). The van der Waals surface area contributed by atoms with Crippen LogP contribution in [0.5, 0.6) is 0 Å². The second-order valence-electron chi connectivity index (χ2n) is 9.03. The zero-order valence-corrected chi connectivity index (χ0v) is 18.5. The SMILES string of the molecule is C[C@H]1CCCN(Cc2ccc(C(=O)Nc3ccccc3C(=O)N3CCCCC3)cc2)C1. The van der Waals surface area contributed by atoms with Gasteiger partial charge in [-0.3, -0.25) is 14.5 Å². The number of nitrogens with zero attached hydrogens (tertiary/aromatic N) is 2. The van der Waals surface area contributed by atoms with Crippen molar-refractivity contribution in [1.82, 2.24) is 9.80 Å². The van der Waals surface area contributed by atoms with Crippen LogP contribution in [0, 0.1) is 5.92 Å². The fourth-order valence-electron chi connectivity index (χ4n) is 4.69. The molecule has 2 saturated heterocycles. The van der Waals surface area contributed by atoms with E-state index in [1.54, 1.807) is 12.1 Å². The molecular formula is C26H33N3O2. The number of hydrogen-bond acceptors (Lipinski definition) is 3. The summed E-state index contributed by atoms with van der Waals surface area (Å²) in [6.45, 7) is 7.11. The summed E-state index contributed by atoms with van der Waals surface area (Å²) in [5, 5.41) is 2.96. The Morgan fingerprint density at radius 1 is 0.935 bits per heavy atom. The first kappa shape index (κ1) is 21.6. The first-order valence-electron chi connectivity index (χ1n) is 11.6. The fourth-order valence-corrected chi connectivity index (χ4v) is 4.69. The predicted octanol–water partition coefficient (Wildman–Crippen LogP) is 4.80. The van der Waals surface area contributed by atoms with Gasteiger partial charge < -0.3 is 10.2 Å². The Kier molecular flexibility index (Phi) is 7.03. The van der Waals surface area contributed by atoms with Crippen LogP contribution < -0.4 is 5.32 Å². The standard InChI is InChI=1S/C26H33N3O2/c1-20-8-7-15-28(18-20)19-21-11-13-22(14-12-21)25(30)27-24-10-4-3-9-23(24)26(31)29-16-5-2-6-17-29/h3-4,9-14,20H,2,5-8,15-19H2,1H3,(H,27,30)/t20-/m0/s1. The molecule has 5 heteroatoms. The van der Waals surface area contributed by atoms with Gasteiger partial charge in [-0.05, 0) is 74.4 Å². The van der Waals surface area contributed by atoms with E-state index < -0.39 is 0 Å². The van der Waals surface area contributed by atoms with Crippen LogP contribution >= 0.6 is 0 Å².